The van der Waals surface area contributed by atoms with E-state index in [9.17, 15) is 13.6 Å². The third-order valence-corrected chi connectivity index (χ3v) is 4.00. The van der Waals surface area contributed by atoms with Gasteiger partial charge in [-0.3, -0.25) is 4.79 Å². The number of hydrogen-bond donors (Lipinski definition) is 3. The number of carbonyl (C=O) groups is 1. The molecule has 2 heterocycles. The third-order valence-electron chi connectivity index (χ3n) is 2.87. The van der Waals surface area contributed by atoms with Crippen molar-refractivity contribution in [3.05, 3.63) is 4.88 Å². The summed E-state index contributed by atoms with van der Waals surface area (Å²) in [5.41, 5.74) is 5.66. The second-order valence-corrected chi connectivity index (χ2v) is 5.48. The summed E-state index contributed by atoms with van der Waals surface area (Å²) in [5.74, 6) is -4.08. The Morgan fingerprint density at radius 1 is 1.52 bits per heavy atom. The van der Waals surface area contributed by atoms with Crippen LogP contribution in [0.5, 0.6) is 0 Å². The fraction of sp³-hybridized carbons (Fsp3) is 0.636. The van der Waals surface area contributed by atoms with Gasteiger partial charge in [-0.25, -0.2) is 13.8 Å². The highest BCUT2D eigenvalue weighted by Crippen LogP contribution is 2.28. The van der Waals surface area contributed by atoms with Crippen LogP contribution < -0.4 is 16.0 Å². The van der Waals surface area contributed by atoms with Gasteiger partial charge in [-0.15, -0.1) is 0 Å². The standard InChI is InChI=1S/C11H16F2N4O3S/c12-11(13,6-18)5-15-9(19)7-8(14)16-10(21-7)17-1-3-20-4-2-17/h18H,1-6,14H2,(H,15,19). The van der Waals surface area contributed by atoms with Crippen molar-refractivity contribution in [1.82, 2.24) is 10.3 Å². The molecular weight excluding hydrogens is 306 g/mol. The van der Waals surface area contributed by atoms with Crippen LogP contribution in [0.4, 0.5) is 19.7 Å². The molecular formula is C11H16F2N4O3S. The summed E-state index contributed by atoms with van der Waals surface area (Å²) in [6.07, 6.45) is 0. The number of aromatic nitrogens is 1. The molecule has 0 spiro atoms. The zero-order chi connectivity index (χ0) is 15.5. The first-order chi connectivity index (χ1) is 9.93. The van der Waals surface area contributed by atoms with Crippen LogP contribution in [-0.2, 0) is 4.74 Å². The van der Waals surface area contributed by atoms with Crippen molar-refractivity contribution in [1.29, 1.82) is 0 Å². The first-order valence-corrected chi connectivity index (χ1v) is 7.10. The molecule has 1 saturated heterocycles. The molecule has 1 aromatic rings. The summed E-state index contributed by atoms with van der Waals surface area (Å²) in [5, 5.41) is 11.1. The molecule has 4 N–H and O–H groups in total. The van der Waals surface area contributed by atoms with Crippen LogP contribution in [0, 0.1) is 0 Å². The van der Waals surface area contributed by atoms with Crippen LogP contribution in [0.25, 0.3) is 0 Å². The lowest BCUT2D eigenvalue weighted by atomic mass is 10.3. The summed E-state index contributed by atoms with van der Waals surface area (Å²) >= 11 is 1.05. The molecule has 10 heteroatoms. The number of thiazole rings is 1. The molecule has 7 nitrogen and oxygen atoms in total. The number of anilines is 2. The minimum atomic E-state index is -3.36. The maximum Gasteiger partial charge on any atom is 0.287 e. The van der Waals surface area contributed by atoms with Gasteiger partial charge in [0.05, 0.1) is 19.8 Å². The first kappa shape index (κ1) is 15.9. The van der Waals surface area contributed by atoms with Crippen LogP contribution >= 0.6 is 11.3 Å². The predicted molar refractivity (Wildman–Crippen MR) is 73.9 cm³/mol. The molecule has 1 fully saturated rings. The monoisotopic (exact) mass is 322 g/mol. The van der Waals surface area contributed by atoms with Gasteiger partial charge < -0.3 is 25.8 Å². The molecule has 0 saturated carbocycles. The van der Waals surface area contributed by atoms with Gasteiger partial charge in [0.2, 0.25) is 0 Å². The van der Waals surface area contributed by atoms with Gasteiger partial charge in [0, 0.05) is 13.1 Å². The van der Waals surface area contributed by atoms with E-state index in [2.05, 4.69) is 4.98 Å². The van der Waals surface area contributed by atoms with Crippen molar-refractivity contribution in [3.8, 4) is 0 Å². The Labute approximate surface area is 123 Å². The molecule has 1 amide bonds. The SMILES string of the molecule is Nc1nc(N2CCOCC2)sc1C(=O)NCC(F)(F)CO. The average molecular weight is 322 g/mol. The lowest BCUT2D eigenvalue weighted by Gasteiger charge is -2.25. The minimum Gasteiger partial charge on any atom is -0.390 e. The normalized spacial score (nSPS) is 16.0. The second-order valence-electron chi connectivity index (χ2n) is 4.51. The van der Waals surface area contributed by atoms with E-state index in [0.717, 1.165) is 11.3 Å². The number of nitrogens with zero attached hydrogens (tertiary/aromatic N) is 2. The van der Waals surface area contributed by atoms with E-state index in [1.807, 2.05) is 10.2 Å². The number of aliphatic hydroxyl groups excluding tert-OH is 1. The Hall–Kier alpha value is -1.52. The Morgan fingerprint density at radius 3 is 2.81 bits per heavy atom. The lowest BCUT2D eigenvalue weighted by Crippen LogP contribution is -2.38. The molecule has 21 heavy (non-hydrogen) atoms. The number of ether oxygens (including phenoxy) is 1. The number of nitrogen functional groups attached to an aromatic ring is 1. The molecule has 1 aromatic heterocycles. The molecule has 2 rings (SSSR count). The van der Waals surface area contributed by atoms with Crippen molar-refractivity contribution in [3.63, 3.8) is 0 Å². The molecule has 0 aromatic carbocycles. The van der Waals surface area contributed by atoms with Crippen LogP contribution in [-0.4, -0.2) is 61.4 Å². The molecule has 1 aliphatic rings. The quantitative estimate of drug-likeness (QED) is 0.701. The number of nitrogens with two attached hydrogens (primary N) is 1. The van der Waals surface area contributed by atoms with Gasteiger partial charge in [0.15, 0.2) is 5.13 Å². The minimum absolute atomic E-state index is 0.00584. The highest BCUT2D eigenvalue weighted by molar-refractivity contribution is 7.18. The predicted octanol–water partition coefficient (Wildman–Crippen LogP) is -0.0807. The van der Waals surface area contributed by atoms with E-state index in [1.165, 1.54) is 0 Å². The Bertz CT molecular complexity index is 506. The number of halogens is 2. The van der Waals surface area contributed by atoms with E-state index in [4.69, 9.17) is 15.6 Å². The van der Waals surface area contributed by atoms with Crippen molar-refractivity contribution < 1.29 is 23.4 Å². The lowest BCUT2D eigenvalue weighted by molar-refractivity contribution is -0.0461. The smallest absolute Gasteiger partial charge is 0.287 e. The highest BCUT2D eigenvalue weighted by atomic mass is 32.1. The van der Waals surface area contributed by atoms with E-state index in [-0.39, 0.29) is 10.7 Å². The molecule has 0 aliphatic carbocycles. The number of rotatable bonds is 5. The van der Waals surface area contributed by atoms with E-state index in [1.54, 1.807) is 0 Å². The van der Waals surface area contributed by atoms with E-state index in [0.29, 0.717) is 31.4 Å². The van der Waals surface area contributed by atoms with Gasteiger partial charge in [-0.2, -0.15) is 0 Å². The van der Waals surface area contributed by atoms with E-state index >= 15 is 0 Å². The summed E-state index contributed by atoms with van der Waals surface area (Å²) < 4.78 is 31.0. The first-order valence-electron chi connectivity index (χ1n) is 6.29. The van der Waals surface area contributed by atoms with Crippen LogP contribution in [0.3, 0.4) is 0 Å². The number of morpholine rings is 1. The molecule has 0 atom stereocenters. The largest absolute Gasteiger partial charge is 0.390 e. The number of aliphatic hydroxyl groups is 1. The van der Waals surface area contributed by atoms with Crippen LogP contribution in [0.15, 0.2) is 0 Å². The summed E-state index contributed by atoms with van der Waals surface area (Å²) in [4.78, 5) is 17.9. The summed E-state index contributed by atoms with van der Waals surface area (Å²) in [6.45, 7) is 0.109. The average Bonchev–Trinajstić information content (AvgIpc) is 2.88. The maximum atomic E-state index is 12.9. The number of nitrogens with one attached hydrogen (secondary N) is 1. The van der Waals surface area contributed by atoms with Crippen LogP contribution in [0.2, 0.25) is 0 Å². The van der Waals surface area contributed by atoms with Crippen LogP contribution in [0.1, 0.15) is 9.67 Å². The fourth-order valence-electron chi connectivity index (χ4n) is 1.72. The molecule has 1 aliphatic heterocycles. The zero-order valence-corrected chi connectivity index (χ0v) is 12.0. The molecule has 0 bridgehead atoms. The van der Waals surface area contributed by atoms with Gasteiger partial charge in [0.25, 0.3) is 11.8 Å². The third kappa shape index (κ3) is 3.99. The Kier molecular flexibility index (Phi) is 4.91. The van der Waals surface area contributed by atoms with Gasteiger partial charge in [0.1, 0.15) is 17.3 Å². The van der Waals surface area contributed by atoms with E-state index < -0.39 is 25.0 Å². The van der Waals surface area contributed by atoms with Crippen molar-refractivity contribution in [2.45, 2.75) is 5.92 Å². The zero-order valence-electron chi connectivity index (χ0n) is 11.1. The number of hydrogen-bond acceptors (Lipinski definition) is 7. The fourth-order valence-corrected chi connectivity index (χ4v) is 2.67. The number of alkyl halides is 2. The molecule has 0 radical (unpaired) electrons. The van der Waals surface area contributed by atoms with Crippen molar-refractivity contribution in [2.24, 2.45) is 0 Å². The highest BCUT2D eigenvalue weighted by Gasteiger charge is 2.29. The summed E-state index contributed by atoms with van der Waals surface area (Å²) in [6, 6.07) is 0. The molecule has 118 valence electrons. The Morgan fingerprint density at radius 2 is 2.19 bits per heavy atom. The summed E-state index contributed by atoms with van der Waals surface area (Å²) in [7, 11) is 0. The molecule has 0 unspecified atom stereocenters. The van der Waals surface area contributed by atoms with Crippen molar-refractivity contribution >= 4 is 28.2 Å². The van der Waals surface area contributed by atoms with Gasteiger partial charge in [-0.1, -0.05) is 11.3 Å². The van der Waals surface area contributed by atoms with Gasteiger partial charge >= 0.3 is 0 Å². The van der Waals surface area contributed by atoms with Crippen molar-refractivity contribution in [2.75, 3.05) is 50.1 Å². The van der Waals surface area contributed by atoms with Gasteiger partial charge in [-0.05, 0) is 0 Å². The number of amides is 1. The second kappa shape index (κ2) is 6.50. The Balaban J connectivity index is 2.02. The topological polar surface area (TPSA) is 101 Å². The maximum absolute atomic E-state index is 12.9. The number of carbonyl (C=O) groups excluding carboxylic acids is 1.